The summed E-state index contributed by atoms with van der Waals surface area (Å²) in [4.78, 5) is 0. The lowest BCUT2D eigenvalue weighted by Gasteiger charge is -2.11. The third-order valence-corrected chi connectivity index (χ3v) is 2.49. The van der Waals surface area contributed by atoms with E-state index in [9.17, 15) is 0 Å². The normalized spacial score (nSPS) is 12.7. The van der Waals surface area contributed by atoms with Crippen LogP contribution in [0.5, 0.6) is 0 Å². The van der Waals surface area contributed by atoms with E-state index in [1.807, 2.05) is 0 Å². The van der Waals surface area contributed by atoms with Crippen LogP contribution in [0, 0.1) is 5.92 Å². The van der Waals surface area contributed by atoms with E-state index < -0.39 is 0 Å². The molecular weight excluding hydrogens is 170 g/mol. The van der Waals surface area contributed by atoms with E-state index in [2.05, 4.69) is 49.5 Å². The summed E-state index contributed by atoms with van der Waals surface area (Å²) in [6, 6.07) is 10.7. The molecule has 1 N–H and O–H groups in total. The number of hydrogen-bond acceptors (Lipinski definition) is 1. The molecule has 14 heavy (non-hydrogen) atoms. The van der Waals surface area contributed by atoms with Crippen molar-refractivity contribution in [2.45, 2.75) is 26.7 Å². The molecule has 0 amide bonds. The fourth-order valence-corrected chi connectivity index (χ4v) is 1.64. The fourth-order valence-electron chi connectivity index (χ4n) is 1.64. The molecule has 0 saturated heterocycles. The molecule has 0 heterocycles. The maximum atomic E-state index is 3.36. The molecule has 0 aliphatic heterocycles. The smallest absolute Gasteiger partial charge is 0.00464 e. The van der Waals surface area contributed by atoms with E-state index in [0.29, 0.717) is 0 Å². The van der Waals surface area contributed by atoms with Gasteiger partial charge in [0.1, 0.15) is 0 Å². The molecule has 0 fully saturated rings. The molecule has 0 bridgehead atoms. The zero-order chi connectivity index (χ0) is 10.2. The average Bonchev–Trinajstić information content (AvgIpc) is 2.20. The van der Waals surface area contributed by atoms with Gasteiger partial charge in [-0.25, -0.2) is 0 Å². The van der Waals surface area contributed by atoms with Crippen LogP contribution in [0.1, 0.15) is 25.8 Å². The molecule has 1 atom stereocenters. The Morgan fingerprint density at radius 1 is 1.21 bits per heavy atom. The van der Waals surface area contributed by atoms with Gasteiger partial charge in [-0.05, 0) is 37.4 Å². The highest BCUT2D eigenvalue weighted by molar-refractivity contribution is 5.14. The second kappa shape index (κ2) is 6.61. The largest absolute Gasteiger partial charge is 0.317 e. The minimum atomic E-state index is 0.774. The predicted molar refractivity (Wildman–Crippen MR) is 62.5 cm³/mol. The van der Waals surface area contributed by atoms with Crippen molar-refractivity contribution in [2.75, 3.05) is 13.1 Å². The van der Waals surface area contributed by atoms with Crippen LogP contribution in [-0.4, -0.2) is 13.1 Å². The number of nitrogens with one attached hydrogen (secondary N) is 1. The van der Waals surface area contributed by atoms with Crippen LogP contribution in [0.25, 0.3) is 0 Å². The van der Waals surface area contributed by atoms with Crippen LogP contribution in [-0.2, 0) is 6.42 Å². The highest BCUT2D eigenvalue weighted by Crippen LogP contribution is 2.10. The van der Waals surface area contributed by atoms with Crippen molar-refractivity contribution in [3.05, 3.63) is 35.9 Å². The molecule has 1 rings (SSSR count). The zero-order valence-corrected chi connectivity index (χ0v) is 9.29. The van der Waals surface area contributed by atoms with Crippen molar-refractivity contribution < 1.29 is 0 Å². The van der Waals surface area contributed by atoms with Crippen LogP contribution >= 0.6 is 0 Å². The van der Waals surface area contributed by atoms with Crippen molar-refractivity contribution in [1.29, 1.82) is 0 Å². The molecule has 1 heteroatoms. The van der Waals surface area contributed by atoms with Gasteiger partial charge >= 0.3 is 0 Å². The van der Waals surface area contributed by atoms with E-state index in [1.165, 1.54) is 18.4 Å². The molecule has 0 saturated carbocycles. The Hall–Kier alpha value is -0.820. The van der Waals surface area contributed by atoms with Crippen LogP contribution in [0.15, 0.2) is 30.3 Å². The van der Waals surface area contributed by atoms with Gasteiger partial charge in [-0.2, -0.15) is 0 Å². The highest BCUT2D eigenvalue weighted by atomic mass is 14.8. The summed E-state index contributed by atoms with van der Waals surface area (Å²) in [6.45, 7) is 6.70. The van der Waals surface area contributed by atoms with Crippen molar-refractivity contribution in [2.24, 2.45) is 5.92 Å². The molecule has 0 spiro atoms. The minimum absolute atomic E-state index is 0.774. The first kappa shape index (κ1) is 11.3. The summed E-state index contributed by atoms with van der Waals surface area (Å²) < 4.78 is 0. The van der Waals surface area contributed by atoms with Gasteiger partial charge in [0.2, 0.25) is 0 Å². The minimum Gasteiger partial charge on any atom is -0.317 e. The van der Waals surface area contributed by atoms with Crippen molar-refractivity contribution in [3.63, 3.8) is 0 Å². The monoisotopic (exact) mass is 191 g/mol. The summed E-state index contributed by atoms with van der Waals surface area (Å²) in [5.41, 5.74) is 1.46. The Bertz CT molecular complexity index is 230. The molecular formula is C13H21N. The average molecular weight is 191 g/mol. The van der Waals surface area contributed by atoms with Crippen molar-refractivity contribution >= 4 is 0 Å². The number of benzene rings is 1. The molecule has 0 radical (unpaired) electrons. The summed E-state index contributed by atoms with van der Waals surface area (Å²) in [5.74, 6) is 0.774. The Morgan fingerprint density at radius 3 is 2.57 bits per heavy atom. The van der Waals surface area contributed by atoms with Crippen LogP contribution < -0.4 is 5.32 Å². The Balaban J connectivity index is 2.23. The van der Waals surface area contributed by atoms with Gasteiger partial charge in [0, 0.05) is 0 Å². The summed E-state index contributed by atoms with van der Waals surface area (Å²) in [5, 5.41) is 3.36. The van der Waals surface area contributed by atoms with E-state index in [-0.39, 0.29) is 0 Å². The summed E-state index contributed by atoms with van der Waals surface area (Å²) in [6.07, 6.45) is 2.47. The molecule has 0 aromatic heterocycles. The lowest BCUT2D eigenvalue weighted by molar-refractivity contribution is 0.504. The van der Waals surface area contributed by atoms with Gasteiger partial charge in [-0.15, -0.1) is 0 Å². The molecule has 0 aliphatic carbocycles. The molecule has 78 valence electrons. The van der Waals surface area contributed by atoms with Crippen LogP contribution in [0.2, 0.25) is 0 Å². The first-order valence-electron chi connectivity index (χ1n) is 5.57. The zero-order valence-electron chi connectivity index (χ0n) is 9.29. The number of hydrogen-bond donors (Lipinski definition) is 1. The molecule has 0 aliphatic rings. The van der Waals surface area contributed by atoms with E-state index in [1.54, 1.807) is 0 Å². The van der Waals surface area contributed by atoms with Crippen molar-refractivity contribution in [1.82, 2.24) is 5.32 Å². The van der Waals surface area contributed by atoms with Gasteiger partial charge < -0.3 is 5.32 Å². The second-order valence-corrected chi connectivity index (χ2v) is 3.94. The predicted octanol–water partition coefficient (Wildman–Crippen LogP) is 2.86. The first-order chi connectivity index (χ1) is 6.83. The Labute approximate surface area is 87.5 Å². The maximum absolute atomic E-state index is 3.36. The quantitative estimate of drug-likeness (QED) is 0.682. The number of rotatable bonds is 6. The fraction of sp³-hybridized carbons (Fsp3) is 0.538. The van der Waals surface area contributed by atoms with E-state index >= 15 is 0 Å². The SMILES string of the molecule is CCNCCC(C)Cc1ccccc1. The molecule has 1 unspecified atom stereocenters. The first-order valence-corrected chi connectivity index (χ1v) is 5.57. The topological polar surface area (TPSA) is 12.0 Å². The van der Waals surface area contributed by atoms with Gasteiger partial charge in [-0.3, -0.25) is 0 Å². The summed E-state index contributed by atoms with van der Waals surface area (Å²) >= 11 is 0. The maximum Gasteiger partial charge on any atom is -0.00464 e. The highest BCUT2D eigenvalue weighted by Gasteiger charge is 2.02. The lowest BCUT2D eigenvalue weighted by Crippen LogP contribution is -2.17. The van der Waals surface area contributed by atoms with Gasteiger partial charge in [0.15, 0.2) is 0 Å². The van der Waals surface area contributed by atoms with Gasteiger partial charge in [0.05, 0.1) is 0 Å². The van der Waals surface area contributed by atoms with Crippen LogP contribution in [0.3, 0.4) is 0 Å². The molecule has 1 aromatic rings. The summed E-state index contributed by atoms with van der Waals surface area (Å²) in [7, 11) is 0. The van der Waals surface area contributed by atoms with Crippen molar-refractivity contribution in [3.8, 4) is 0 Å². The van der Waals surface area contributed by atoms with E-state index in [4.69, 9.17) is 0 Å². The third-order valence-electron chi connectivity index (χ3n) is 2.49. The Kier molecular flexibility index (Phi) is 5.31. The third kappa shape index (κ3) is 4.43. The van der Waals surface area contributed by atoms with Gasteiger partial charge in [0.25, 0.3) is 0 Å². The van der Waals surface area contributed by atoms with E-state index in [0.717, 1.165) is 19.0 Å². The molecule has 1 aromatic carbocycles. The lowest BCUT2D eigenvalue weighted by atomic mass is 9.98. The van der Waals surface area contributed by atoms with Crippen LogP contribution in [0.4, 0.5) is 0 Å². The van der Waals surface area contributed by atoms with Gasteiger partial charge in [-0.1, -0.05) is 44.2 Å². The second-order valence-electron chi connectivity index (χ2n) is 3.94. The Morgan fingerprint density at radius 2 is 1.93 bits per heavy atom. The molecule has 1 nitrogen and oxygen atoms in total. The standard InChI is InChI=1S/C13H21N/c1-3-14-10-9-12(2)11-13-7-5-4-6-8-13/h4-8,12,14H,3,9-11H2,1-2H3.